The van der Waals surface area contributed by atoms with Gasteiger partial charge >= 0.3 is 0 Å². The summed E-state index contributed by atoms with van der Waals surface area (Å²) in [6.45, 7) is 4.02. The molecular formula is C30H28N6O4. The van der Waals surface area contributed by atoms with Crippen LogP contribution in [0.5, 0.6) is 0 Å². The van der Waals surface area contributed by atoms with E-state index in [9.17, 15) is 19.7 Å². The van der Waals surface area contributed by atoms with E-state index >= 15 is 0 Å². The van der Waals surface area contributed by atoms with E-state index in [1.807, 2.05) is 55.5 Å². The summed E-state index contributed by atoms with van der Waals surface area (Å²) >= 11 is 0. The first-order valence-electron chi connectivity index (χ1n) is 13.0. The number of aliphatic imine (C=N–C) groups is 1. The maximum absolute atomic E-state index is 13.2. The predicted octanol–water partition coefficient (Wildman–Crippen LogP) is 5.08. The van der Waals surface area contributed by atoms with Gasteiger partial charge in [0, 0.05) is 43.3 Å². The Morgan fingerprint density at radius 2 is 1.85 bits per heavy atom. The summed E-state index contributed by atoms with van der Waals surface area (Å²) in [6.07, 6.45) is 3.25. The van der Waals surface area contributed by atoms with Gasteiger partial charge in [0.2, 0.25) is 11.8 Å². The zero-order valence-electron chi connectivity index (χ0n) is 22.1. The van der Waals surface area contributed by atoms with E-state index in [1.54, 1.807) is 12.3 Å². The maximum Gasteiger partial charge on any atom is 0.269 e. The van der Waals surface area contributed by atoms with Gasteiger partial charge in [-0.2, -0.15) is 0 Å². The Bertz CT molecular complexity index is 1610. The lowest BCUT2D eigenvalue weighted by Gasteiger charge is -2.15. The third-order valence-corrected chi connectivity index (χ3v) is 6.78. The monoisotopic (exact) mass is 536 g/mol. The fraction of sp³-hybridized carbons (Fsp3) is 0.200. The minimum atomic E-state index is -0.834. The van der Waals surface area contributed by atoms with Gasteiger partial charge < -0.3 is 15.6 Å². The third kappa shape index (κ3) is 5.65. The van der Waals surface area contributed by atoms with Crippen molar-refractivity contribution in [1.29, 1.82) is 0 Å². The van der Waals surface area contributed by atoms with Crippen LogP contribution in [0.1, 0.15) is 42.3 Å². The topological polar surface area (TPSA) is 142 Å². The summed E-state index contributed by atoms with van der Waals surface area (Å²) in [6, 6.07) is 19.6. The number of imidazole rings is 1. The van der Waals surface area contributed by atoms with Gasteiger partial charge in [-0.15, -0.1) is 0 Å². The molecule has 0 radical (unpaired) electrons. The molecule has 5 rings (SSSR count). The number of fused-ring (bicyclic) bond motifs is 1. The maximum atomic E-state index is 13.2. The minimum Gasteiger partial charge on any atom is -0.356 e. The number of nitro benzene ring substituents is 1. The number of amides is 2. The molecule has 0 bridgehead atoms. The molecule has 0 saturated heterocycles. The second kappa shape index (κ2) is 11.3. The van der Waals surface area contributed by atoms with Crippen LogP contribution in [-0.4, -0.2) is 39.0 Å². The molecule has 0 saturated carbocycles. The van der Waals surface area contributed by atoms with Gasteiger partial charge in [-0.05, 0) is 41.3 Å². The van der Waals surface area contributed by atoms with E-state index < -0.39 is 10.8 Å². The highest BCUT2D eigenvalue weighted by molar-refractivity contribution is 6.24. The Balaban J connectivity index is 1.53. The van der Waals surface area contributed by atoms with Crippen LogP contribution in [0.15, 0.2) is 77.9 Å². The molecule has 202 valence electrons. The standard InChI is InChI=1S/C30H28N6O4/c1-3-27-32-17-26(34-27)20-8-10-22(11-9-20)33-29(21-6-4-19(5-7-21)14-15-31-18(2)37)28-24-16-23(36(39)40)12-13-25(24)35-30(28)38/h4-13,16-17,28H,3,14-15H2,1-2H3,(H,31,37)(H,32,34)(H,35,38). The van der Waals surface area contributed by atoms with Crippen LogP contribution < -0.4 is 10.6 Å². The number of non-ortho nitro benzene ring substituents is 1. The molecule has 2 amide bonds. The number of nitrogens with one attached hydrogen (secondary N) is 3. The van der Waals surface area contributed by atoms with Crippen molar-refractivity contribution < 1.29 is 14.5 Å². The number of nitrogens with zero attached hydrogens (tertiary/aromatic N) is 3. The number of carbonyl (C=O) groups excluding carboxylic acids is 2. The highest BCUT2D eigenvalue weighted by atomic mass is 16.6. The molecule has 0 spiro atoms. The number of benzene rings is 3. The first-order valence-corrected chi connectivity index (χ1v) is 13.0. The Morgan fingerprint density at radius 3 is 2.50 bits per heavy atom. The Kier molecular flexibility index (Phi) is 7.50. The lowest BCUT2D eigenvalue weighted by Crippen LogP contribution is -2.23. The van der Waals surface area contributed by atoms with Crippen molar-refractivity contribution in [3.05, 3.63) is 106 Å². The van der Waals surface area contributed by atoms with Crippen LogP contribution in [0.2, 0.25) is 0 Å². The van der Waals surface area contributed by atoms with Gasteiger partial charge in [0.1, 0.15) is 11.7 Å². The van der Waals surface area contributed by atoms with Gasteiger partial charge in [0.25, 0.3) is 5.69 Å². The Labute approximate surface area is 230 Å². The van der Waals surface area contributed by atoms with Crippen LogP contribution >= 0.6 is 0 Å². The van der Waals surface area contributed by atoms with E-state index in [0.29, 0.717) is 41.2 Å². The fourth-order valence-corrected chi connectivity index (χ4v) is 4.70. The summed E-state index contributed by atoms with van der Waals surface area (Å²) in [7, 11) is 0. The molecule has 10 heteroatoms. The summed E-state index contributed by atoms with van der Waals surface area (Å²) in [5, 5.41) is 17.1. The smallest absolute Gasteiger partial charge is 0.269 e. The molecular weight excluding hydrogens is 508 g/mol. The number of hydrogen-bond donors (Lipinski definition) is 3. The van der Waals surface area contributed by atoms with Gasteiger partial charge in [-0.3, -0.25) is 24.7 Å². The van der Waals surface area contributed by atoms with Crippen molar-refractivity contribution in [2.24, 2.45) is 4.99 Å². The second-order valence-corrected chi connectivity index (χ2v) is 9.52. The molecule has 1 aliphatic heterocycles. The molecule has 1 aromatic heterocycles. The average Bonchev–Trinajstić information content (AvgIpc) is 3.56. The number of hydrogen-bond acceptors (Lipinski definition) is 6. The normalized spacial score (nSPS) is 14.5. The number of rotatable bonds is 9. The zero-order chi connectivity index (χ0) is 28.2. The van der Waals surface area contributed by atoms with E-state index in [0.717, 1.165) is 29.1 Å². The van der Waals surface area contributed by atoms with Gasteiger partial charge in [-0.1, -0.05) is 43.3 Å². The molecule has 1 atom stereocenters. The van der Waals surface area contributed by atoms with Crippen molar-refractivity contribution in [2.75, 3.05) is 11.9 Å². The number of nitro groups is 1. The largest absolute Gasteiger partial charge is 0.356 e. The first-order chi connectivity index (χ1) is 19.3. The third-order valence-electron chi connectivity index (χ3n) is 6.78. The Hall–Kier alpha value is -5.12. The lowest BCUT2D eigenvalue weighted by atomic mass is 9.90. The van der Waals surface area contributed by atoms with Crippen LogP contribution in [0.3, 0.4) is 0 Å². The summed E-state index contributed by atoms with van der Waals surface area (Å²) < 4.78 is 0. The van der Waals surface area contributed by atoms with Crippen LogP contribution in [0.25, 0.3) is 11.3 Å². The summed E-state index contributed by atoms with van der Waals surface area (Å²) in [5.74, 6) is -0.319. The van der Waals surface area contributed by atoms with Crippen molar-refractivity contribution >= 4 is 34.6 Å². The van der Waals surface area contributed by atoms with Crippen molar-refractivity contribution in [1.82, 2.24) is 15.3 Å². The molecule has 1 unspecified atom stereocenters. The second-order valence-electron chi connectivity index (χ2n) is 9.52. The fourth-order valence-electron chi connectivity index (χ4n) is 4.70. The van der Waals surface area contributed by atoms with Crippen LogP contribution in [0.4, 0.5) is 17.1 Å². The minimum absolute atomic E-state index is 0.0876. The quantitative estimate of drug-likeness (QED) is 0.155. The molecule has 0 aliphatic carbocycles. The molecule has 40 heavy (non-hydrogen) atoms. The van der Waals surface area contributed by atoms with Crippen LogP contribution in [-0.2, 0) is 22.4 Å². The first kappa shape index (κ1) is 26.5. The summed E-state index contributed by atoms with van der Waals surface area (Å²) in [4.78, 5) is 48.0. The average molecular weight is 537 g/mol. The van der Waals surface area contributed by atoms with Crippen LogP contribution in [0, 0.1) is 10.1 Å². The number of aromatic amines is 1. The van der Waals surface area contributed by atoms with Gasteiger partial charge in [-0.25, -0.2) is 4.98 Å². The molecule has 1 aliphatic rings. The van der Waals surface area contributed by atoms with E-state index in [1.165, 1.54) is 19.1 Å². The van der Waals surface area contributed by atoms with Gasteiger partial charge in [0.05, 0.1) is 28.2 Å². The number of carbonyl (C=O) groups is 2. The number of anilines is 1. The molecule has 0 fully saturated rings. The molecule has 2 heterocycles. The Morgan fingerprint density at radius 1 is 1.10 bits per heavy atom. The highest BCUT2D eigenvalue weighted by Crippen LogP contribution is 2.38. The van der Waals surface area contributed by atoms with Crippen molar-refractivity contribution in [2.45, 2.75) is 32.6 Å². The molecule has 3 aromatic carbocycles. The molecule has 10 nitrogen and oxygen atoms in total. The van der Waals surface area contributed by atoms with E-state index in [2.05, 4.69) is 20.6 Å². The summed E-state index contributed by atoms with van der Waals surface area (Å²) in [5.41, 5.74) is 5.64. The van der Waals surface area contributed by atoms with E-state index in [-0.39, 0.29) is 17.5 Å². The van der Waals surface area contributed by atoms with Crippen molar-refractivity contribution in [3.63, 3.8) is 0 Å². The number of aryl methyl sites for hydroxylation is 1. The van der Waals surface area contributed by atoms with Crippen molar-refractivity contribution in [3.8, 4) is 11.3 Å². The predicted molar refractivity (Wildman–Crippen MR) is 153 cm³/mol. The van der Waals surface area contributed by atoms with E-state index in [4.69, 9.17) is 4.99 Å². The number of H-pyrrole nitrogens is 1. The SMILES string of the molecule is CCc1ncc(-c2ccc(N=C(c3ccc(CCNC(C)=O)cc3)C3C(=O)Nc4ccc([N+](=O)[O-])cc43)cc2)[nH]1. The molecule has 3 N–H and O–H groups in total. The molecule has 4 aromatic rings. The zero-order valence-corrected chi connectivity index (χ0v) is 22.1. The lowest BCUT2D eigenvalue weighted by molar-refractivity contribution is -0.384. The highest BCUT2D eigenvalue weighted by Gasteiger charge is 2.36. The van der Waals surface area contributed by atoms with Gasteiger partial charge in [0.15, 0.2) is 0 Å². The number of aromatic nitrogens is 2.